The smallest absolute Gasteiger partial charge is 0.263 e. The Morgan fingerprint density at radius 3 is 2.11 bits per heavy atom. The SMILES string of the molecule is CCCCCCCCCCCCCCOc1ccc(CN(C(C)=O)c2ccc(Cc3[nH]cc4cccc[n+]34)cc2)cc1Cl.[Br-]. The van der Waals surface area contributed by atoms with Crippen LogP contribution in [0.4, 0.5) is 5.69 Å². The van der Waals surface area contributed by atoms with Gasteiger partial charge in [0.15, 0.2) is 5.52 Å². The molecule has 5 nitrogen and oxygen atoms in total. The number of rotatable bonds is 19. The van der Waals surface area contributed by atoms with Gasteiger partial charge < -0.3 is 26.6 Å². The number of nitrogens with zero attached hydrogens (tertiary/aromatic N) is 2. The molecule has 0 aliphatic rings. The van der Waals surface area contributed by atoms with Crippen molar-refractivity contribution < 1.29 is 30.9 Å². The Hall–Kier alpha value is -2.83. The van der Waals surface area contributed by atoms with Crippen LogP contribution >= 0.6 is 11.6 Å². The number of hydrogen-bond donors (Lipinski definition) is 1. The Bertz CT molecular complexity index is 1410. The first-order valence-corrected chi connectivity index (χ1v) is 16.7. The van der Waals surface area contributed by atoms with Crippen molar-refractivity contribution in [3.63, 3.8) is 0 Å². The summed E-state index contributed by atoms with van der Waals surface area (Å²) >= 11 is 6.59. The topological polar surface area (TPSA) is 49.4 Å². The van der Waals surface area contributed by atoms with Crippen LogP contribution in [0.25, 0.3) is 5.52 Å². The highest BCUT2D eigenvalue weighted by Gasteiger charge is 2.15. The number of anilines is 1. The molecule has 0 atom stereocenters. The van der Waals surface area contributed by atoms with Gasteiger partial charge in [0.25, 0.3) is 5.82 Å². The van der Waals surface area contributed by atoms with Gasteiger partial charge >= 0.3 is 0 Å². The first-order valence-electron chi connectivity index (χ1n) is 16.3. The summed E-state index contributed by atoms with van der Waals surface area (Å²) in [5, 5.41) is 0.589. The molecule has 0 saturated carbocycles. The van der Waals surface area contributed by atoms with Crippen LogP contribution in [0.15, 0.2) is 73.1 Å². The number of carbonyl (C=O) groups is 1. The van der Waals surface area contributed by atoms with E-state index in [0.29, 0.717) is 23.9 Å². The van der Waals surface area contributed by atoms with Crippen LogP contribution in [0.5, 0.6) is 5.75 Å². The minimum atomic E-state index is -0.0120. The number of imidazole rings is 1. The molecule has 0 saturated heterocycles. The van der Waals surface area contributed by atoms with E-state index in [1.807, 2.05) is 48.7 Å². The Morgan fingerprint density at radius 1 is 0.841 bits per heavy atom. The average Bonchev–Trinajstić information content (AvgIpc) is 3.42. The van der Waals surface area contributed by atoms with E-state index in [9.17, 15) is 4.79 Å². The fourth-order valence-electron chi connectivity index (χ4n) is 5.62. The van der Waals surface area contributed by atoms with Crippen LogP contribution in [0.1, 0.15) is 108 Å². The molecule has 0 unspecified atom stereocenters. The predicted octanol–water partition coefficient (Wildman–Crippen LogP) is 6.63. The molecule has 238 valence electrons. The largest absolute Gasteiger partial charge is 1.00 e. The third kappa shape index (κ3) is 11.3. The quantitative estimate of drug-likeness (QED) is 0.0892. The predicted molar refractivity (Wildman–Crippen MR) is 178 cm³/mol. The first kappa shape index (κ1) is 35.6. The fraction of sp³-hybridized carbons (Fsp3) is 0.459. The fourth-order valence-corrected chi connectivity index (χ4v) is 5.88. The van der Waals surface area contributed by atoms with Gasteiger partial charge in [-0.3, -0.25) is 4.79 Å². The van der Waals surface area contributed by atoms with Crippen molar-refractivity contribution in [2.45, 2.75) is 104 Å². The van der Waals surface area contributed by atoms with Gasteiger partial charge in [0.2, 0.25) is 5.91 Å². The lowest BCUT2D eigenvalue weighted by Gasteiger charge is -2.22. The number of halogens is 2. The number of pyridine rings is 1. The molecule has 1 N–H and O–H groups in total. The maximum Gasteiger partial charge on any atom is 0.263 e. The molecular formula is C37H49BrClN3O2. The summed E-state index contributed by atoms with van der Waals surface area (Å²) in [6.45, 7) is 5.00. The van der Waals surface area contributed by atoms with Crippen molar-refractivity contribution in [1.29, 1.82) is 0 Å². The maximum absolute atomic E-state index is 12.6. The molecule has 4 aromatic rings. The first-order chi connectivity index (χ1) is 21.0. The second kappa shape index (κ2) is 19.5. The number of ether oxygens (including phenoxy) is 1. The lowest BCUT2D eigenvalue weighted by atomic mass is 10.1. The number of unbranched alkanes of at least 4 members (excludes halogenated alkanes) is 11. The molecule has 44 heavy (non-hydrogen) atoms. The summed E-state index contributed by atoms with van der Waals surface area (Å²) in [5.41, 5.74) is 4.14. The van der Waals surface area contributed by atoms with Crippen molar-refractivity contribution in [2.24, 2.45) is 0 Å². The van der Waals surface area contributed by atoms with Gasteiger partial charge in [0.05, 0.1) is 30.8 Å². The Labute approximate surface area is 279 Å². The molecule has 1 amide bonds. The number of carbonyl (C=O) groups excluding carboxylic acids is 1. The van der Waals surface area contributed by atoms with E-state index in [-0.39, 0.29) is 22.9 Å². The molecule has 0 aliphatic heterocycles. The van der Waals surface area contributed by atoms with E-state index < -0.39 is 0 Å². The number of amides is 1. The minimum absolute atomic E-state index is 0. The molecule has 0 spiro atoms. The molecule has 4 rings (SSSR count). The van der Waals surface area contributed by atoms with Gasteiger partial charge in [-0.05, 0) is 53.9 Å². The van der Waals surface area contributed by atoms with Gasteiger partial charge in [-0.1, -0.05) is 113 Å². The summed E-state index contributed by atoms with van der Waals surface area (Å²) in [5.74, 6) is 1.81. The minimum Gasteiger partial charge on any atom is -1.00 e. The molecule has 2 aromatic heterocycles. The second-order valence-electron chi connectivity index (χ2n) is 11.7. The lowest BCUT2D eigenvalue weighted by Crippen LogP contribution is -3.00. The Morgan fingerprint density at radius 2 is 1.48 bits per heavy atom. The molecule has 2 aromatic carbocycles. The number of fused-ring (bicyclic) bond motifs is 1. The van der Waals surface area contributed by atoms with E-state index in [1.165, 1.54) is 76.2 Å². The van der Waals surface area contributed by atoms with Crippen molar-refractivity contribution in [3.8, 4) is 5.75 Å². The average molecular weight is 683 g/mol. The molecule has 0 bridgehead atoms. The van der Waals surface area contributed by atoms with Crippen molar-refractivity contribution >= 4 is 28.7 Å². The highest BCUT2D eigenvalue weighted by atomic mass is 79.9. The second-order valence-corrected chi connectivity index (χ2v) is 12.1. The molecule has 2 heterocycles. The number of aromatic nitrogens is 2. The molecule has 0 aliphatic carbocycles. The number of benzene rings is 2. The normalized spacial score (nSPS) is 11.0. The van der Waals surface area contributed by atoms with Crippen LogP contribution in [-0.2, 0) is 17.8 Å². The molecular weight excluding hydrogens is 634 g/mol. The highest BCUT2D eigenvalue weighted by Crippen LogP contribution is 2.28. The number of hydrogen-bond acceptors (Lipinski definition) is 2. The standard InChI is InChI=1S/C37H48ClN3O2.BrH/c1-3-4-5-6-7-8-9-10-11-12-13-16-25-43-36-23-20-32(26-35(36)38)29-41(30(2)42)33-21-18-31(19-22-33)27-37-39-28-34-17-14-15-24-40(34)37;/h14-15,17-24,26,28H,3-13,16,25,27,29H2,1-2H3;1H. The molecule has 0 radical (unpaired) electrons. The van der Waals surface area contributed by atoms with E-state index >= 15 is 0 Å². The van der Waals surface area contributed by atoms with Crippen LogP contribution in [-0.4, -0.2) is 17.5 Å². The van der Waals surface area contributed by atoms with E-state index in [4.69, 9.17) is 16.3 Å². The third-order valence-electron chi connectivity index (χ3n) is 8.16. The Balaban J connectivity index is 0.00000529. The maximum atomic E-state index is 12.6. The zero-order chi connectivity index (χ0) is 30.3. The van der Waals surface area contributed by atoms with Gasteiger partial charge in [-0.15, -0.1) is 0 Å². The summed E-state index contributed by atoms with van der Waals surface area (Å²) in [6.07, 6.45) is 20.7. The van der Waals surface area contributed by atoms with E-state index in [2.05, 4.69) is 40.7 Å². The van der Waals surface area contributed by atoms with Crippen molar-refractivity contribution in [2.75, 3.05) is 11.5 Å². The van der Waals surface area contributed by atoms with Gasteiger partial charge in [0.1, 0.15) is 11.9 Å². The van der Waals surface area contributed by atoms with Crippen LogP contribution in [0, 0.1) is 0 Å². The zero-order valence-electron chi connectivity index (χ0n) is 26.5. The van der Waals surface area contributed by atoms with Crippen molar-refractivity contribution in [3.05, 3.63) is 95.0 Å². The third-order valence-corrected chi connectivity index (χ3v) is 8.46. The van der Waals surface area contributed by atoms with Gasteiger partial charge in [-0.2, -0.15) is 4.40 Å². The van der Waals surface area contributed by atoms with Crippen LogP contribution < -0.4 is 31.0 Å². The van der Waals surface area contributed by atoms with Gasteiger partial charge in [0, 0.05) is 12.6 Å². The van der Waals surface area contributed by atoms with Crippen LogP contribution in [0.2, 0.25) is 5.02 Å². The highest BCUT2D eigenvalue weighted by molar-refractivity contribution is 6.32. The van der Waals surface area contributed by atoms with E-state index in [0.717, 1.165) is 35.4 Å². The molecule has 7 heteroatoms. The lowest BCUT2D eigenvalue weighted by molar-refractivity contribution is -0.520. The van der Waals surface area contributed by atoms with Crippen molar-refractivity contribution in [1.82, 2.24) is 4.98 Å². The Kier molecular flexibility index (Phi) is 15.8. The summed E-state index contributed by atoms with van der Waals surface area (Å²) in [6, 6.07) is 20.2. The van der Waals surface area contributed by atoms with Gasteiger partial charge in [-0.25, -0.2) is 4.98 Å². The van der Waals surface area contributed by atoms with Crippen LogP contribution in [0.3, 0.4) is 0 Å². The van der Waals surface area contributed by atoms with E-state index in [1.54, 1.807) is 11.8 Å². The number of nitrogens with one attached hydrogen (secondary N) is 1. The zero-order valence-corrected chi connectivity index (χ0v) is 28.8. The molecule has 0 fully saturated rings. The monoisotopic (exact) mass is 681 g/mol. The summed E-state index contributed by atoms with van der Waals surface area (Å²) in [4.78, 5) is 17.7. The number of H-pyrrole nitrogens is 1. The number of aromatic amines is 1. The summed E-state index contributed by atoms with van der Waals surface area (Å²) < 4.78 is 8.15. The summed E-state index contributed by atoms with van der Waals surface area (Å²) in [7, 11) is 0.